The molecule has 0 aliphatic carbocycles. The quantitative estimate of drug-likeness (QED) is 0.908. The Bertz CT molecular complexity index is 593. The van der Waals surface area contributed by atoms with Crippen molar-refractivity contribution < 1.29 is 9.84 Å². The lowest BCUT2D eigenvalue weighted by Gasteiger charge is -2.11. The van der Waals surface area contributed by atoms with Crippen LogP contribution in [0.1, 0.15) is 35.0 Å². The summed E-state index contributed by atoms with van der Waals surface area (Å²) in [6, 6.07) is 1.82. The van der Waals surface area contributed by atoms with Gasteiger partial charge in [-0.15, -0.1) is 0 Å². The van der Waals surface area contributed by atoms with E-state index in [1.807, 2.05) is 24.7 Å². The van der Waals surface area contributed by atoms with Crippen molar-refractivity contribution in [1.82, 2.24) is 14.8 Å². The van der Waals surface area contributed by atoms with Crippen LogP contribution in [0.5, 0.6) is 5.75 Å². The van der Waals surface area contributed by atoms with Crippen LogP contribution in [0.3, 0.4) is 0 Å². The number of aliphatic hydroxyl groups is 1. The van der Waals surface area contributed by atoms with Crippen LogP contribution in [0.4, 0.5) is 0 Å². The molecule has 0 aliphatic rings. The molecular weight excluding hydrogens is 254 g/mol. The van der Waals surface area contributed by atoms with E-state index in [0.29, 0.717) is 12.2 Å². The Kier molecular flexibility index (Phi) is 4.39. The van der Waals surface area contributed by atoms with E-state index in [-0.39, 0.29) is 0 Å². The number of nitrogens with zero attached hydrogens (tertiary/aromatic N) is 3. The largest absolute Gasteiger partial charge is 0.495 e. The Morgan fingerprint density at radius 2 is 2.10 bits per heavy atom. The van der Waals surface area contributed by atoms with Gasteiger partial charge in [0.2, 0.25) is 0 Å². The Morgan fingerprint density at radius 3 is 2.70 bits per heavy atom. The second kappa shape index (κ2) is 6.05. The van der Waals surface area contributed by atoms with Crippen molar-refractivity contribution in [1.29, 1.82) is 0 Å². The smallest absolute Gasteiger partial charge is 0.137 e. The van der Waals surface area contributed by atoms with Crippen molar-refractivity contribution in [3.05, 3.63) is 41.0 Å². The van der Waals surface area contributed by atoms with Crippen molar-refractivity contribution >= 4 is 0 Å². The van der Waals surface area contributed by atoms with Crippen LogP contribution >= 0.6 is 0 Å². The van der Waals surface area contributed by atoms with Gasteiger partial charge in [-0.05, 0) is 38.3 Å². The molecule has 108 valence electrons. The van der Waals surface area contributed by atoms with Gasteiger partial charge in [0, 0.05) is 24.5 Å². The van der Waals surface area contributed by atoms with Crippen molar-refractivity contribution in [2.75, 3.05) is 7.11 Å². The third-order valence-corrected chi connectivity index (χ3v) is 3.68. The van der Waals surface area contributed by atoms with Crippen LogP contribution < -0.4 is 4.74 Å². The summed E-state index contributed by atoms with van der Waals surface area (Å²) in [6.07, 6.45) is 4.20. The normalized spacial score (nSPS) is 12.4. The molecule has 20 heavy (non-hydrogen) atoms. The third-order valence-electron chi connectivity index (χ3n) is 3.68. The van der Waals surface area contributed by atoms with Crippen LogP contribution in [0, 0.1) is 13.8 Å². The van der Waals surface area contributed by atoms with E-state index < -0.39 is 6.10 Å². The zero-order valence-corrected chi connectivity index (χ0v) is 12.4. The van der Waals surface area contributed by atoms with E-state index in [0.717, 1.165) is 23.4 Å². The maximum absolute atomic E-state index is 10.3. The number of rotatable bonds is 5. The van der Waals surface area contributed by atoms with Crippen LogP contribution in [0.2, 0.25) is 0 Å². The fourth-order valence-electron chi connectivity index (χ4n) is 2.36. The Morgan fingerprint density at radius 1 is 1.35 bits per heavy atom. The number of hydrogen-bond acceptors (Lipinski definition) is 4. The van der Waals surface area contributed by atoms with E-state index in [9.17, 15) is 5.11 Å². The molecule has 2 aromatic rings. The van der Waals surface area contributed by atoms with Gasteiger partial charge in [0.05, 0.1) is 25.1 Å². The molecule has 0 radical (unpaired) electrons. The lowest BCUT2D eigenvalue weighted by atomic mass is 10.0. The molecule has 0 aliphatic heterocycles. The van der Waals surface area contributed by atoms with E-state index in [1.54, 1.807) is 19.5 Å². The first-order valence-corrected chi connectivity index (χ1v) is 6.69. The summed E-state index contributed by atoms with van der Waals surface area (Å²) in [4.78, 5) is 4.07. The minimum Gasteiger partial charge on any atom is -0.495 e. The molecule has 0 bridgehead atoms. The molecule has 0 spiro atoms. The number of aliphatic hydroxyl groups excluding tert-OH is 1. The van der Waals surface area contributed by atoms with E-state index in [2.05, 4.69) is 17.0 Å². The van der Waals surface area contributed by atoms with Gasteiger partial charge in [0.15, 0.2) is 0 Å². The van der Waals surface area contributed by atoms with Crippen molar-refractivity contribution in [3.63, 3.8) is 0 Å². The molecule has 2 heterocycles. The maximum Gasteiger partial charge on any atom is 0.137 e. The molecule has 5 heteroatoms. The fraction of sp³-hybridized carbons (Fsp3) is 0.467. The number of aromatic nitrogens is 3. The molecule has 0 fully saturated rings. The van der Waals surface area contributed by atoms with E-state index >= 15 is 0 Å². The van der Waals surface area contributed by atoms with Crippen molar-refractivity contribution in [2.24, 2.45) is 7.05 Å². The van der Waals surface area contributed by atoms with Gasteiger partial charge in [0.1, 0.15) is 5.75 Å². The maximum atomic E-state index is 10.3. The van der Waals surface area contributed by atoms with Crippen LogP contribution in [-0.4, -0.2) is 27.0 Å². The third kappa shape index (κ3) is 2.99. The number of hydrogen-bond donors (Lipinski definition) is 1. The predicted octanol–water partition coefficient (Wildman–Crippen LogP) is 2.11. The van der Waals surface area contributed by atoms with Gasteiger partial charge >= 0.3 is 0 Å². The Labute approximate surface area is 119 Å². The summed E-state index contributed by atoms with van der Waals surface area (Å²) < 4.78 is 7.00. The second-order valence-electron chi connectivity index (χ2n) is 4.99. The highest BCUT2D eigenvalue weighted by molar-refractivity contribution is 5.27. The number of ether oxygens (including phenoxy) is 1. The van der Waals surface area contributed by atoms with Crippen LogP contribution in [-0.2, 0) is 13.5 Å². The second-order valence-corrected chi connectivity index (χ2v) is 4.99. The number of aryl methyl sites for hydroxylation is 2. The summed E-state index contributed by atoms with van der Waals surface area (Å²) >= 11 is 0. The first kappa shape index (κ1) is 14.5. The highest BCUT2D eigenvalue weighted by atomic mass is 16.5. The summed E-state index contributed by atoms with van der Waals surface area (Å²) in [5, 5.41) is 14.7. The van der Waals surface area contributed by atoms with Gasteiger partial charge in [-0.25, -0.2) is 0 Å². The zero-order chi connectivity index (χ0) is 14.7. The minimum atomic E-state index is -0.545. The van der Waals surface area contributed by atoms with Crippen molar-refractivity contribution in [2.45, 2.75) is 32.8 Å². The first-order valence-electron chi connectivity index (χ1n) is 6.69. The monoisotopic (exact) mass is 275 g/mol. The Hall–Kier alpha value is -1.88. The SMILES string of the molecule is COc1cncc(C(O)CCc2c(C)nn(C)c2C)c1. The van der Waals surface area contributed by atoms with Gasteiger partial charge in [-0.3, -0.25) is 9.67 Å². The highest BCUT2D eigenvalue weighted by Gasteiger charge is 2.14. The average molecular weight is 275 g/mol. The van der Waals surface area contributed by atoms with Gasteiger partial charge in [-0.2, -0.15) is 5.10 Å². The van der Waals surface area contributed by atoms with Gasteiger partial charge in [-0.1, -0.05) is 0 Å². The molecular formula is C15H21N3O2. The lowest BCUT2D eigenvalue weighted by Crippen LogP contribution is -2.02. The highest BCUT2D eigenvalue weighted by Crippen LogP contribution is 2.23. The number of methoxy groups -OCH3 is 1. The first-order chi connectivity index (χ1) is 9.52. The molecule has 5 nitrogen and oxygen atoms in total. The summed E-state index contributed by atoms with van der Waals surface area (Å²) in [7, 11) is 3.53. The molecule has 1 unspecified atom stereocenters. The van der Waals surface area contributed by atoms with Crippen LogP contribution in [0.25, 0.3) is 0 Å². The summed E-state index contributed by atoms with van der Waals surface area (Å²) in [5.74, 6) is 0.662. The molecule has 1 atom stereocenters. The van der Waals surface area contributed by atoms with E-state index in [4.69, 9.17) is 4.74 Å². The Balaban J connectivity index is 2.06. The minimum absolute atomic E-state index is 0.545. The summed E-state index contributed by atoms with van der Waals surface area (Å²) in [6.45, 7) is 4.05. The molecule has 2 rings (SSSR count). The standard InChI is InChI=1S/C15H21N3O2/c1-10-14(11(2)18(3)17-10)5-6-15(19)12-7-13(20-4)9-16-8-12/h7-9,15,19H,5-6H2,1-4H3. The van der Waals surface area contributed by atoms with Crippen molar-refractivity contribution in [3.8, 4) is 5.75 Å². The topological polar surface area (TPSA) is 60.2 Å². The molecule has 0 saturated carbocycles. The molecule has 0 saturated heterocycles. The molecule has 1 N–H and O–H groups in total. The van der Waals surface area contributed by atoms with Gasteiger partial charge in [0.25, 0.3) is 0 Å². The zero-order valence-electron chi connectivity index (χ0n) is 12.4. The fourth-order valence-corrected chi connectivity index (χ4v) is 2.36. The molecule has 2 aromatic heterocycles. The van der Waals surface area contributed by atoms with Gasteiger partial charge < -0.3 is 9.84 Å². The van der Waals surface area contributed by atoms with E-state index in [1.165, 1.54) is 5.56 Å². The predicted molar refractivity (Wildman–Crippen MR) is 76.8 cm³/mol. The average Bonchev–Trinajstić information content (AvgIpc) is 2.70. The number of pyridine rings is 1. The molecule has 0 amide bonds. The summed E-state index contributed by atoms with van der Waals surface area (Å²) in [5.41, 5.74) is 4.17. The van der Waals surface area contributed by atoms with Crippen LogP contribution in [0.15, 0.2) is 18.5 Å². The molecule has 0 aromatic carbocycles. The lowest BCUT2D eigenvalue weighted by molar-refractivity contribution is 0.167.